The van der Waals surface area contributed by atoms with E-state index in [1.807, 2.05) is 0 Å². The SMILES string of the molecule is COC(=O)C(C)Oc1cccnc1N. The fraction of sp³-hybridized carbons (Fsp3) is 0.333. The zero-order chi connectivity index (χ0) is 10.6. The van der Waals surface area contributed by atoms with Gasteiger partial charge in [0.05, 0.1) is 7.11 Å². The van der Waals surface area contributed by atoms with Crippen LogP contribution < -0.4 is 10.5 Å². The van der Waals surface area contributed by atoms with Gasteiger partial charge in [0.25, 0.3) is 0 Å². The number of ether oxygens (including phenoxy) is 2. The standard InChI is InChI=1S/C9H12N2O3/c1-6(9(12)13-2)14-7-4-3-5-11-8(7)10/h3-6H,1-2H3,(H2,10,11). The summed E-state index contributed by atoms with van der Waals surface area (Å²) in [5, 5.41) is 0. The lowest BCUT2D eigenvalue weighted by Crippen LogP contribution is -2.25. The second kappa shape index (κ2) is 4.45. The third-order valence-corrected chi connectivity index (χ3v) is 1.64. The molecule has 0 aliphatic heterocycles. The molecule has 0 amide bonds. The Bertz CT molecular complexity index is 328. The van der Waals surface area contributed by atoms with E-state index in [2.05, 4.69) is 9.72 Å². The Morgan fingerprint density at radius 2 is 2.36 bits per heavy atom. The molecule has 1 rings (SSSR count). The monoisotopic (exact) mass is 196 g/mol. The van der Waals surface area contributed by atoms with E-state index in [9.17, 15) is 4.79 Å². The van der Waals surface area contributed by atoms with Crippen molar-refractivity contribution in [1.29, 1.82) is 0 Å². The quantitative estimate of drug-likeness (QED) is 0.716. The Kier molecular flexibility index (Phi) is 3.28. The van der Waals surface area contributed by atoms with Crippen LogP contribution in [0.4, 0.5) is 5.82 Å². The van der Waals surface area contributed by atoms with Crippen LogP contribution in [0.25, 0.3) is 0 Å². The summed E-state index contributed by atoms with van der Waals surface area (Å²) in [5.41, 5.74) is 5.52. The molecular weight excluding hydrogens is 184 g/mol. The van der Waals surface area contributed by atoms with E-state index < -0.39 is 12.1 Å². The molecule has 76 valence electrons. The van der Waals surface area contributed by atoms with Gasteiger partial charge in [-0.25, -0.2) is 9.78 Å². The summed E-state index contributed by atoms with van der Waals surface area (Å²) in [6, 6.07) is 3.32. The molecule has 0 saturated heterocycles. The zero-order valence-corrected chi connectivity index (χ0v) is 8.06. The van der Waals surface area contributed by atoms with E-state index in [1.165, 1.54) is 7.11 Å². The van der Waals surface area contributed by atoms with Gasteiger partial charge in [0.2, 0.25) is 0 Å². The van der Waals surface area contributed by atoms with Gasteiger partial charge in [-0.1, -0.05) is 0 Å². The third kappa shape index (κ3) is 2.35. The molecule has 1 aromatic rings. The van der Waals surface area contributed by atoms with Crippen molar-refractivity contribution in [2.75, 3.05) is 12.8 Å². The van der Waals surface area contributed by atoms with Crippen LogP contribution >= 0.6 is 0 Å². The Morgan fingerprint density at radius 3 is 2.93 bits per heavy atom. The van der Waals surface area contributed by atoms with Crippen LogP contribution in [0.1, 0.15) is 6.92 Å². The maximum atomic E-state index is 11.0. The molecule has 1 heterocycles. The number of carbonyl (C=O) groups excluding carboxylic acids is 1. The maximum Gasteiger partial charge on any atom is 0.346 e. The maximum absolute atomic E-state index is 11.0. The molecule has 1 aromatic heterocycles. The molecule has 0 saturated carbocycles. The van der Waals surface area contributed by atoms with Gasteiger partial charge >= 0.3 is 5.97 Å². The molecule has 0 aliphatic rings. The van der Waals surface area contributed by atoms with Gasteiger partial charge < -0.3 is 15.2 Å². The first kappa shape index (κ1) is 10.3. The first-order valence-electron chi connectivity index (χ1n) is 4.10. The largest absolute Gasteiger partial charge is 0.475 e. The highest BCUT2D eigenvalue weighted by molar-refractivity contribution is 5.74. The molecule has 2 N–H and O–H groups in total. The number of hydrogen-bond acceptors (Lipinski definition) is 5. The minimum atomic E-state index is -0.688. The molecule has 5 heteroatoms. The summed E-state index contributed by atoms with van der Waals surface area (Å²) in [5.74, 6) is 0.182. The minimum Gasteiger partial charge on any atom is -0.475 e. The van der Waals surface area contributed by atoms with Gasteiger partial charge in [-0.05, 0) is 19.1 Å². The highest BCUT2D eigenvalue weighted by Crippen LogP contribution is 2.18. The Hall–Kier alpha value is -1.78. The Morgan fingerprint density at radius 1 is 1.64 bits per heavy atom. The van der Waals surface area contributed by atoms with Crippen LogP contribution in [0, 0.1) is 0 Å². The predicted octanol–water partition coefficient (Wildman–Crippen LogP) is 0.604. The molecule has 0 spiro atoms. The molecule has 0 fully saturated rings. The number of nitrogens with two attached hydrogens (primary N) is 1. The van der Waals surface area contributed by atoms with Crippen molar-refractivity contribution in [3.05, 3.63) is 18.3 Å². The van der Waals surface area contributed by atoms with E-state index >= 15 is 0 Å². The van der Waals surface area contributed by atoms with E-state index in [0.717, 1.165) is 0 Å². The van der Waals surface area contributed by atoms with Gasteiger partial charge in [0.1, 0.15) is 0 Å². The normalized spacial score (nSPS) is 11.9. The average molecular weight is 196 g/mol. The molecule has 1 atom stereocenters. The van der Waals surface area contributed by atoms with Crippen molar-refractivity contribution >= 4 is 11.8 Å². The van der Waals surface area contributed by atoms with Crippen LogP contribution in [0.15, 0.2) is 18.3 Å². The number of nitrogens with zero attached hydrogens (tertiary/aromatic N) is 1. The zero-order valence-electron chi connectivity index (χ0n) is 8.06. The van der Waals surface area contributed by atoms with Crippen LogP contribution in [-0.2, 0) is 9.53 Å². The van der Waals surface area contributed by atoms with Gasteiger partial charge in [-0.3, -0.25) is 0 Å². The van der Waals surface area contributed by atoms with E-state index in [0.29, 0.717) is 5.75 Å². The van der Waals surface area contributed by atoms with E-state index in [-0.39, 0.29) is 5.82 Å². The van der Waals surface area contributed by atoms with Crippen molar-refractivity contribution in [2.24, 2.45) is 0 Å². The number of rotatable bonds is 3. The lowest BCUT2D eigenvalue weighted by Gasteiger charge is -2.12. The Balaban J connectivity index is 2.69. The van der Waals surface area contributed by atoms with Gasteiger partial charge in [0.15, 0.2) is 17.7 Å². The van der Waals surface area contributed by atoms with Crippen molar-refractivity contribution in [1.82, 2.24) is 4.98 Å². The molecular formula is C9H12N2O3. The fourth-order valence-corrected chi connectivity index (χ4v) is 0.907. The average Bonchev–Trinajstić information content (AvgIpc) is 2.20. The molecule has 1 unspecified atom stereocenters. The number of aromatic nitrogens is 1. The third-order valence-electron chi connectivity index (χ3n) is 1.64. The summed E-state index contributed by atoms with van der Waals surface area (Å²) >= 11 is 0. The molecule has 14 heavy (non-hydrogen) atoms. The van der Waals surface area contributed by atoms with Gasteiger partial charge in [-0.15, -0.1) is 0 Å². The van der Waals surface area contributed by atoms with Crippen LogP contribution in [0.5, 0.6) is 5.75 Å². The molecule has 0 bridgehead atoms. The topological polar surface area (TPSA) is 74.4 Å². The van der Waals surface area contributed by atoms with Crippen LogP contribution in [0.3, 0.4) is 0 Å². The summed E-state index contributed by atoms with van der Waals surface area (Å²) in [6.45, 7) is 1.58. The summed E-state index contributed by atoms with van der Waals surface area (Å²) in [7, 11) is 1.30. The van der Waals surface area contributed by atoms with E-state index in [4.69, 9.17) is 10.5 Å². The van der Waals surface area contributed by atoms with Gasteiger partial charge in [0, 0.05) is 6.20 Å². The molecule has 5 nitrogen and oxygen atoms in total. The molecule has 0 radical (unpaired) electrons. The number of esters is 1. The number of carbonyl (C=O) groups is 1. The summed E-state index contributed by atoms with van der Waals surface area (Å²) in [4.78, 5) is 14.8. The smallest absolute Gasteiger partial charge is 0.346 e. The number of nitrogen functional groups attached to an aromatic ring is 1. The second-order valence-corrected chi connectivity index (χ2v) is 2.67. The summed E-state index contributed by atoms with van der Waals surface area (Å²) < 4.78 is 9.73. The molecule has 0 aliphatic carbocycles. The lowest BCUT2D eigenvalue weighted by atomic mass is 10.4. The van der Waals surface area contributed by atoms with Crippen molar-refractivity contribution in [2.45, 2.75) is 13.0 Å². The van der Waals surface area contributed by atoms with Crippen molar-refractivity contribution < 1.29 is 14.3 Å². The highest BCUT2D eigenvalue weighted by atomic mass is 16.6. The van der Waals surface area contributed by atoms with Crippen molar-refractivity contribution in [3.8, 4) is 5.75 Å². The lowest BCUT2D eigenvalue weighted by molar-refractivity contribution is -0.147. The van der Waals surface area contributed by atoms with Crippen LogP contribution in [0.2, 0.25) is 0 Å². The number of hydrogen-bond donors (Lipinski definition) is 1. The van der Waals surface area contributed by atoms with Gasteiger partial charge in [-0.2, -0.15) is 0 Å². The highest BCUT2D eigenvalue weighted by Gasteiger charge is 2.15. The fourth-order valence-electron chi connectivity index (χ4n) is 0.907. The first-order valence-corrected chi connectivity index (χ1v) is 4.10. The number of anilines is 1. The molecule has 0 aromatic carbocycles. The Labute approximate surface area is 81.8 Å². The second-order valence-electron chi connectivity index (χ2n) is 2.67. The van der Waals surface area contributed by atoms with E-state index in [1.54, 1.807) is 25.3 Å². The first-order chi connectivity index (χ1) is 6.65. The summed E-state index contributed by atoms with van der Waals surface area (Å²) in [6.07, 6.45) is 0.858. The number of pyridine rings is 1. The van der Waals surface area contributed by atoms with Crippen molar-refractivity contribution in [3.63, 3.8) is 0 Å². The number of methoxy groups -OCH3 is 1. The predicted molar refractivity (Wildman–Crippen MR) is 50.8 cm³/mol. The van der Waals surface area contributed by atoms with Crippen LogP contribution in [-0.4, -0.2) is 24.2 Å². The minimum absolute atomic E-state index is 0.253.